The Hall–Kier alpha value is -2.39. The van der Waals surface area contributed by atoms with E-state index in [9.17, 15) is 13.2 Å². The van der Waals surface area contributed by atoms with Gasteiger partial charge in [0.2, 0.25) is 0 Å². The molecule has 2 aromatic heterocycles. The summed E-state index contributed by atoms with van der Waals surface area (Å²) in [7, 11) is 0.353. The Kier molecular flexibility index (Phi) is 5.12. The number of hydrogen-bond donors (Lipinski definition) is 0. The Balaban J connectivity index is 1.67. The van der Waals surface area contributed by atoms with Crippen LogP contribution >= 0.6 is 11.3 Å². The van der Waals surface area contributed by atoms with Crippen molar-refractivity contribution in [2.45, 2.75) is 25.9 Å². The molecule has 4 rings (SSSR count). The molecule has 29 heavy (non-hydrogen) atoms. The summed E-state index contributed by atoms with van der Waals surface area (Å²) in [5.74, 6) is 0.742. The minimum Gasteiger partial charge on any atom is -0.497 e. The Morgan fingerprint density at radius 2 is 2.07 bits per heavy atom. The van der Waals surface area contributed by atoms with Crippen molar-refractivity contribution >= 4 is 37.3 Å². The molecule has 1 atom stereocenters. The number of aromatic nitrogens is 2. The molecule has 1 fully saturated rings. The molecule has 9 heteroatoms. The molecular formula is C20H23N3O4S2. The van der Waals surface area contributed by atoms with Gasteiger partial charge in [0.05, 0.1) is 29.2 Å². The molecule has 1 aromatic carbocycles. The maximum Gasteiger partial charge on any atom is 0.264 e. The molecule has 154 valence electrons. The number of carbonyl (C=O) groups is 1. The molecule has 0 radical (unpaired) electrons. The highest BCUT2D eigenvalue weighted by Gasteiger charge is 2.35. The maximum absolute atomic E-state index is 13.4. The van der Waals surface area contributed by atoms with Gasteiger partial charge in [0.25, 0.3) is 5.91 Å². The number of thiophene rings is 1. The van der Waals surface area contributed by atoms with Crippen LogP contribution in [0.2, 0.25) is 0 Å². The van der Waals surface area contributed by atoms with Crippen LogP contribution in [0.5, 0.6) is 5.75 Å². The predicted molar refractivity (Wildman–Crippen MR) is 113 cm³/mol. The molecule has 7 nitrogen and oxygen atoms in total. The van der Waals surface area contributed by atoms with Gasteiger partial charge in [-0.3, -0.25) is 9.48 Å². The summed E-state index contributed by atoms with van der Waals surface area (Å²) in [6.45, 7) is 2.27. The fraction of sp³-hybridized carbons (Fsp3) is 0.400. The van der Waals surface area contributed by atoms with Crippen molar-refractivity contribution in [3.05, 3.63) is 46.5 Å². The first-order valence-corrected chi connectivity index (χ1v) is 12.0. The smallest absolute Gasteiger partial charge is 0.264 e. The zero-order chi connectivity index (χ0) is 20.8. The van der Waals surface area contributed by atoms with Gasteiger partial charge in [0, 0.05) is 25.0 Å². The van der Waals surface area contributed by atoms with Crippen LogP contribution in [0.4, 0.5) is 0 Å². The van der Waals surface area contributed by atoms with Gasteiger partial charge in [-0.1, -0.05) is 12.1 Å². The fourth-order valence-corrected chi connectivity index (χ4v) is 6.58. The van der Waals surface area contributed by atoms with Crippen molar-refractivity contribution < 1.29 is 17.9 Å². The molecule has 3 heterocycles. The lowest BCUT2D eigenvalue weighted by molar-refractivity contribution is 0.0686. The van der Waals surface area contributed by atoms with Gasteiger partial charge in [0.1, 0.15) is 10.6 Å². The molecule has 1 saturated heterocycles. The lowest BCUT2D eigenvalue weighted by Gasteiger charge is -2.28. The molecule has 0 bridgehead atoms. The largest absolute Gasteiger partial charge is 0.497 e. The van der Waals surface area contributed by atoms with Crippen LogP contribution in [0.1, 0.15) is 27.3 Å². The van der Waals surface area contributed by atoms with Crippen LogP contribution < -0.4 is 4.74 Å². The number of amides is 1. The molecule has 0 N–H and O–H groups in total. The van der Waals surface area contributed by atoms with Gasteiger partial charge in [0.15, 0.2) is 9.84 Å². The second-order valence-electron chi connectivity index (χ2n) is 7.38. The van der Waals surface area contributed by atoms with E-state index < -0.39 is 9.84 Å². The van der Waals surface area contributed by atoms with E-state index >= 15 is 0 Å². The molecule has 0 aliphatic carbocycles. The average Bonchev–Trinajstić information content (AvgIpc) is 3.36. The molecule has 1 aliphatic heterocycles. The van der Waals surface area contributed by atoms with E-state index in [1.54, 1.807) is 16.7 Å². The molecule has 1 aliphatic rings. The first kappa shape index (κ1) is 19.9. The van der Waals surface area contributed by atoms with Crippen molar-refractivity contribution in [1.82, 2.24) is 14.7 Å². The van der Waals surface area contributed by atoms with Crippen LogP contribution in [0.3, 0.4) is 0 Å². The van der Waals surface area contributed by atoms with Crippen LogP contribution in [0.15, 0.2) is 30.3 Å². The summed E-state index contributed by atoms with van der Waals surface area (Å²) in [6, 6.07) is 9.05. The van der Waals surface area contributed by atoms with Crippen molar-refractivity contribution in [1.29, 1.82) is 0 Å². The van der Waals surface area contributed by atoms with Crippen LogP contribution in [0, 0.1) is 6.92 Å². The number of aryl methyl sites for hydroxylation is 2. The summed E-state index contributed by atoms with van der Waals surface area (Å²) < 4.78 is 31.1. The third kappa shape index (κ3) is 3.89. The number of fused-ring (bicyclic) bond motifs is 1. The molecule has 1 unspecified atom stereocenters. The zero-order valence-corrected chi connectivity index (χ0v) is 18.2. The lowest BCUT2D eigenvalue weighted by Crippen LogP contribution is -2.40. The first-order valence-electron chi connectivity index (χ1n) is 9.35. The number of nitrogens with zero attached hydrogens (tertiary/aromatic N) is 3. The highest BCUT2D eigenvalue weighted by atomic mass is 32.2. The Morgan fingerprint density at radius 3 is 2.66 bits per heavy atom. The normalized spacial score (nSPS) is 18.2. The first-order chi connectivity index (χ1) is 13.8. The van der Waals surface area contributed by atoms with Crippen molar-refractivity contribution in [2.75, 3.05) is 18.6 Å². The highest BCUT2D eigenvalue weighted by molar-refractivity contribution is 7.91. The van der Waals surface area contributed by atoms with Gasteiger partial charge in [-0.05, 0) is 37.1 Å². The number of ether oxygens (including phenoxy) is 1. The van der Waals surface area contributed by atoms with Gasteiger partial charge in [-0.15, -0.1) is 11.3 Å². The van der Waals surface area contributed by atoms with Gasteiger partial charge in [-0.2, -0.15) is 5.10 Å². The number of benzene rings is 1. The lowest BCUT2D eigenvalue weighted by atomic mass is 10.1. The van der Waals surface area contributed by atoms with Crippen LogP contribution in [0.25, 0.3) is 10.2 Å². The maximum atomic E-state index is 13.4. The van der Waals surface area contributed by atoms with E-state index in [1.807, 2.05) is 44.3 Å². The van der Waals surface area contributed by atoms with Crippen molar-refractivity contribution in [3.8, 4) is 5.75 Å². The van der Waals surface area contributed by atoms with E-state index in [-0.39, 0.29) is 23.5 Å². The standard InChI is InChI=1S/C20H23N3O4S2/c1-13-17-10-18(28-20(17)22(2)21-13)19(24)23(15-8-9-29(25,26)12-15)11-14-4-6-16(27-3)7-5-14/h4-7,10,15H,8-9,11-12H2,1-3H3. The number of hydrogen-bond acceptors (Lipinski definition) is 6. The Morgan fingerprint density at radius 1 is 1.34 bits per heavy atom. The second kappa shape index (κ2) is 7.46. The topological polar surface area (TPSA) is 81.5 Å². The van der Waals surface area contributed by atoms with E-state index in [0.717, 1.165) is 27.2 Å². The predicted octanol–water partition coefficient (Wildman–Crippen LogP) is 2.78. The quantitative estimate of drug-likeness (QED) is 0.618. The van der Waals surface area contributed by atoms with E-state index in [4.69, 9.17) is 4.74 Å². The summed E-state index contributed by atoms with van der Waals surface area (Å²) >= 11 is 1.40. The summed E-state index contributed by atoms with van der Waals surface area (Å²) in [5.41, 5.74) is 1.81. The molecule has 1 amide bonds. The monoisotopic (exact) mass is 433 g/mol. The van der Waals surface area contributed by atoms with Gasteiger partial charge < -0.3 is 9.64 Å². The van der Waals surface area contributed by atoms with E-state index in [0.29, 0.717) is 17.8 Å². The van der Waals surface area contributed by atoms with Crippen LogP contribution in [-0.2, 0) is 23.4 Å². The molecule has 0 saturated carbocycles. The minimum atomic E-state index is -3.11. The average molecular weight is 434 g/mol. The number of methoxy groups -OCH3 is 1. The Labute approximate surface area is 173 Å². The van der Waals surface area contributed by atoms with Crippen LogP contribution in [-0.4, -0.2) is 53.7 Å². The summed E-state index contributed by atoms with van der Waals surface area (Å²) in [6.07, 6.45) is 0.468. The second-order valence-corrected chi connectivity index (χ2v) is 10.6. The van der Waals surface area contributed by atoms with Gasteiger partial charge >= 0.3 is 0 Å². The summed E-state index contributed by atoms with van der Waals surface area (Å²) in [4.78, 5) is 16.7. The molecular weight excluding hydrogens is 410 g/mol. The molecule has 3 aromatic rings. The van der Waals surface area contributed by atoms with E-state index in [1.165, 1.54) is 11.3 Å². The SMILES string of the molecule is COc1ccc(CN(C(=O)c2cc3c(C)nn(C)c3s2)C2CCS(=O)(=O)C2)cc1. The fourth-order valence-electron chi connectivity index (χ4n) is 3.77. The van der Waals surface area contributed by atoms with Crippen molar-refractivity contribution in [3.63, 3.8) is 0 Å². The number of rotatable bonds is 5. The number of carbonyl (C=O) groups excluding carboxylic acids is 1. The zero-order valence-electron chi connectivity index (χ0n) is 16.6. The third-order valence-corrected chi connectivity index (χ3v) is 8.27. The van der Waals surface area contributed by atoms with Crippen molar-refractivity contribution in [2.24, 2.45) is 7.05 Å². The summed E-state index contributed by atoms with van der Waals surface area (Å²) in [5, 5.41) is 5.35. The minimum absolute atomic E-state index is 0.0143. The van der Waals surface area contributed by atoms with Gasteiger partial charge in [-0.25, -0.2) is 8.42 Å². The van der Waals surface area contributed by atoms with E-state index in [2.05, 4.69) is 5.10 Å². The Bertz CT molecular complexity index is 1130. The number of sulfone groups is 1. The molecule has 0 spiro atoms. The highest BCUT2D eigenvalue weighted by Crippen LogP contribution is 2.31. The third-order valence-electron chi connectivity index (χ3n) is 5.33.